The number of benzene rings is 1. The molecule has 116 valence electrons. The summed E-state index contributed by atoms with van der Waals surface area (Å²) >= 11 is 0. The average Bonchev–Trinajstić information content (AvgIpc) is 2.48. The van der Waals surface area contributed by atoms with Crippen molar-refractivity contribution in [1.29, 1.82) is 0 Å². The van der Waals surface area contributed by atoms with Gasteiger partial charge in [0.15, 0.2) is 0 Å². The molecule has 0 spiro atoms. The lowest BCUT2D eigenvalue weighted by atomic mass is 10.2. The topological polar surface area (TPSA) is 67.4 Å². The minimum Gasteiger partial charge on any atom is -0.462 e. The highest BCUT2D eigenvalue weighted by Crippen LogP contribution is 2.10. The molecule has 0 atom stereocenters. The molecule has 0 aromatic heterocycles. The average molecular weight is 292 g/mol. The van der Waals surface area contributed by atoms with Crippen LogP contribution in [-0.2, 0) is 9.53 Å². The molecule has 0 aliphatic heterocycles. The van der Waals surface area contributed by atoms with Crippen LogP contribution in [0.15, 0.2) is 24.3 Å². The molecule has 1 aromatic carbocycles. The van der Waals surface area contributed by atoms with Crippen molar-refractivity contribution in [2.45, 2.75) is 33.1 Å². The molecule has 0 radical (unpaired) electrons. The van der Waals surface area contributed by atoms with Crippen molar-refractivity contribution in [3.05, 3.63) is 29.8 Å². The first-order chi connectivity index (χ1) is 10.2. The molecule has 21 heavy (non-hydrogen) atoms. The van der Waals surface area contributed by atoms with E-state index < -0.39 is 0 Å². The van der Waals surface area contributed by atoms with Crippen LogP contribution in [0.5, 0.6) is 0 Å². The summed E-state index contributed by atoms with van der Waals surface area (Å²) in [6, 6.07) is 6.67. The summed E-state index contributed by atoms with van der Waals surface area (Å²) in [5.41, 5.74) is 1.15. The van der Waals surface area contributed by atoms with Crippen LogP contribution in [0.25, 0.3) is 0 Å². The van der Waals surface area contributed by atoms with Gasteiger partial charge in [-0.15, -0.1) is 0 Å². The Balaban J connectivity index is 2.34. The third-order valence-electron chi connectivity index (χ3n) is 2.92. The fourth-order valence-corrected chi connectivity index (χ4v) is 1.81. The first-order valence-corrected chi connectivity index (χ1v) is 7.45. The van der Waals surface area contributed by atoms with Gasteiger partial charge in [-0.2, -0.15) is 0 Å². The Kier molecular flexibility index (Phi) is 8.12. The van der Waals surface area contributed by atoms with E-state index in [-0.39, 0.29) is 11.9 Å². The van der Waals surface area contributed by atoms with Gasteiger partial charge in [-0.25, -0.2) is 4.79 Å². The van der Waals surface area contributed by atoms with Crippen molar-refractivity contribution in [3.8, 4) is 0 Å². The molecule has 5 nitrogen and oxygen atoms in total. The van der Waals surface area contributed by atoms with Crippen LogP contribution in [0.1, 0.15) is 43.5 Å². The van der Waals surface area contributed by atoms with Gasteiger partial charge in [-0.1, -0.05) is 19.8 Å². The number of ether oxygens (including phenoxy) is 1. The zero-order valence-corrected chi connectivity index (χ0v) is 12.8. The first-order valence-electron chi connectivity index (χ1n) is 7.45. The number of esters is 1. The maximum Gasteiger partial charge on any atom is 0.338 e. The van der Waals surface area contributed by atoms with Gasteiger partial charge in [-0.3, -0.25) is 4.79 Å². The summed E-state index contributed by atoms with van der Waals surface area (Å²) in [4.78, 5) is 23.2. The van der Waals surface area contributed by atoms with E-state index in [2.05, 4.69) is 17.6 Å². The third kappa shape index (κ3) is 6.90. The molecule has 1 rings (SSSR count). The van der Waals surface area contributed by atoms with E-state index in [1.807, 2.05) is 0 Å². The number of anilines is 1. The maximum absolute atomic E-state index is 11.7. The zero-order chi connectivity index (χ0) is 15.5. The zero-order valence-electron chi connectivity index (χ0n) is 12.8. The Bertz CT molecular complexity index is 443. The summed E-state index contributed by atoms with van der Waals surface area (Å²) in [6.45, 7) is 5.40. The summed E-state index contributed by atoms with van der Waals surface area (Å²) in [7, 11) is 0. The number of nitrogens with one attached hydrogen (secondary N) is 2. The fourth-order valence-electron chi connectivity index (χ4n) is 1.81. The number of carbonyl (C=O) groups is 2. The Morgan fingerprint density at radius 2 is 1.81 bits per heavy atom. The van der Waals surface area contributed by atoms with Crippen LogP contribution in [0, 0.1) is 0 Å². The predicted octanol–water partition coefficient (Wildman–Crippen LogP) is 2.58. The molecular formula is C16H24N2O3. The largest absolute Gasteiger partial charge is 0.462 e. The lowest BCUT2D eigenvalue weighted by molar-refractivity contribution is -0.115. The number of hydrogen-bond donors (Lipinski definition) is 2. The summed E-state index contributed by atoms with van der Waals surface area (Å²) in [6.07, 6.45) is 3.42. The Morgan fingerprint density at radius 3 is 2.43 bits per heavy atom. The van der Waals surface area contributed by atoms with Crippen molar-refractivity contribution in [3.63, 3.8) is 0 Å². The SMILES string of the molecule is CCCCCNCC(=O)Nc1ccc(C(=O)OCC)cc1. The van der Waals surface area contributed by atoms with E-state index in [1.54, 1.807) is 31.2 Å². The summed E-state index contributed by atoms with van der Waals surface area (Å²) in [5, 5.41) is 5.88. The molecule has 5 heteroatoms. The van der Waals surface area contributed by atoms with Crippen LogP contribution in [-0.4, -0.2) is 31.6 Å². The van der Waals surface area contributed by atoms with Gasteiger partial charge in [0.25, 0.3) is 0 Å². The van der Waals surface area contributed by atoms with Crippen LogP contribution in [0.2, 0.25) is 0 Å². The lowest BCUT2D eigenvalue weighted by Crippen LogP contribution is -2.28. The van der Waals surface area contributed by atoms with E-state index in [9.17, 15) is 9.59 Å². The summed E-state index contributed by atoms with van der Waals surface area (Å²) in [5.74, 6) is -0.441. The smallest absolute Gasteiger partial charge is 0.338 e. The Morgan fingerprint density at radius 1 is 1.10 bits per heavy atom. The van der Waals surface area contributed by atoms with Crippen LogP contribution in [0.4, 0.5) is 5.69 Å². The van der Waals surface area contributed by atoms with Crippen LogP contribution >= 0.6 is 0 Å². The van der Waals surface area contributed by atoms with E-state index in [1.165, 1.54) is 12.8 Å². The van der Waals surface area contributed by atoms with Crippen molar-refractivity contribution in [1.82, 2.24) is 5.32 Å². The van der Waals surface area contributed by atoms with Crippen molar-refractivity contribution < 1.29 is 14.3 Å². The van der Waals surface area contributed by atoms with Gasteiger partial charge < -0.3 is 15.4 Å². The van der Waals surface area contributed by atoms with Gasteiger partial charge in [0.1, 0.15) is 0 Å². The quantitative estimate of drug-likeness (QED) is 0.542. The minimum atomic E-state index is -0.354. The molecule has 2 N–H and O–H groups in total. The highest BCUT2D eigenvalue weighted by molar-refractivity contribution is 5.93. The molecule has 0 saturated heterocycles. The number of unbranched alkanes of at least 4 members (excludes halogenated alkanes) is 2. The van der Waals surface area contributed by atoms with Crippen molar-refractivity contribution in [2.75, 3.05) is 25.0 Å². The lowest BCUT2D eigenvalue weighted by Gasteiger charge is -2.07. The Labute approximate surface area is 126 Å². The molecule has 0 fully saturated rings. The number of amides is 1. The van der Waals surface area contributed by atoms with Gasteiger partial charge in [-0.05, 0) is 44.2 Å². The molecule has 0 unspecified atom stereocenters. The van der Waals surface area contributed by atoms with Crippen molar-refractivity contribution in [2.24, 2.45) is 0 Å². The number of hydrogen-bond acceptors (Lipinski definition) is 4. The first kappa shape index (κ1) is 17.2. The molecule has 1 amide bonds. The fraction of sp³-hybridized carbons (Fsp3) is 0.500. The third-order valence-corrected chi connectivity index (χ3v) is 2.92. The standard InChI is InChI=1S/C16H24N2O3/c1-3-5-6-11-17-12-15(19)18-14-9-7-13(8-10-14)16(20)21-4-2/h7-10,17H,3-6,11-12H2,1-2H3,(H,18,19). The molecule has 1 aromatic rings. The van der Waals surface area contributed by atoms with Crippen LogP contribution in [0.3, 0.4) is 0 Å². The van der Waals surface area contributed by atoms with Gasteiger partial charge in [0.2, 0.25) is 5.91 Å². The molecular weight excluding hydrogens is 268 g/mol. The van der Waals surface area contributed by atoms with Crippen LogP contribution < -0.4 is 10.6 Å². The van der Waals surface area contributed by atoms with E-state index >= 15 is 0 Å². The Hall–Kier alpha value is -1.88. The molecule has 0 aliphatic rings. The molecule has 0 bridgehead atoms. The van der Waals surface area contributed by atoms with Gasteiger partial charge in [0.05, 0.1) is 18.7 Å². The normalized spacial score (nSPS) is 10.2. The summed E-state index contributed by atoms with van der Waals surface area (Å²) < 4.78 is 4.90. The second-order valence-corrected chi connectivity index (χ2v) is 4.73. The molecule has 0 heterocycles. The molecule has 0 aliphatic carbocycles. The predicted molar refractivity (Wildman–Crippen MR) is 83.4 cm³/mol. The van der Waals surface area contributed by atoms with E-state index in [0.29, 0.717) is 24.4 Å². The van der Waals surface area contributed by atoms with E-state index in [4.69, 9.17) is 4.74 Å². The van der Waals surface area contributed by atoms with Crippen molar-refractivity contribution >= 4 is 17.6 Å². The maximum atomic E-state index is 11.7. The van der Waals surface area contributed by atoms with Gasteiger partial charge >= 0.3 is 5.97 Å². The minimum absolute atomic E-state index is 0.0876. The van der Waals surface area contributed by atoms with Gasteiger partial charge in [0, 0.05) is 5.69 Å². The monoisotopic (exact) mass is 292 g/mol. The number of rotatable bonds is 9. The molecule has 0 saturated carbocycles. The van der Waals surface area contributed by atoms with E-state index in [0.717, 1.165) is 13.0 Å². The highest BCUT2D eigenvalue weighted by Gasteiger charge is 2.06. The number of carbonyl (C=O) groups excluding carboxylic acids is 2. The highest BCUT2D eigenvalue weighted by atomic mass is 16.5. The second kappa shape index (κ2) is 9.94. The second-order valence-electron chi connectivity index (χ2n) is 4.73.